The summed E-state index contributed by atoms with van der Waals surface area (Å²) in [5.41, 5.74) is 4.21. The number of nitrogens with one attached hydrogen (secondary N) is 1. The molecule has 17 heavy (non-hydrogen) atoms. The summed E-state index contributed by atoms with van der Waals surface area (Å²) in [6.07, 6.45) is 3.62. The van der Waals surface area contributed by atoms with Crippen LogP contribution >= 0.6 is 0 Å². The average Bonchev–Trinajstić information content (AvgIpc) is 2.34. The molecule has 1 aromatic rings. The molecule has 0 unspecified atom stereocenters. The summed E-state index contributed by atoms with van der Waals surface area (Å²) in [6.45, 7) is 6.86. The summed E-state index contributed by atoms with van der Waals surface area (Å²) in [7, 11) is 2.21. The zero-order valence-corrected chi connectivity index (χ0v) is 11.3. The fourth-order valence-electron chi connectivity index (χ4n) is 2.59. The molecule has 0 spiro atoms. The first-order valence-electron chi connectivity index (χ1n) is 6.74. The van der Waals surface area contributed by atoms with E-state index in [-0.39, 0.29) is 0 Å². The van der Waals surface area contributed by atoms with E-state index >= 15 is 0 Å². The second-order valence-corrected chi connectivity index (χ2v) is 5.18. The summed E-state index contributed by atoms with van der Waals surface area (Å²) < 4.78 is 0. The number of hydrogen-bond acceptors (Lipinski definition) is 2. The number of aryl methyl sites for hydroxylation is 2. The largest absolute Gasteiger partial charge is 0.382 e. The van der Waals surface area contributed by atoms with Gasteiger partial charge in [-0.2, -0.15) is 0 Å². The number of benzene rings is 1. The molecular formula is C15H24N2. The average molecular weight is 232 g/mol. The molecule has 1 aromatic carbocycles. The molecule has 2 heteroatoms. The van der Waals surface area contributed by atoms with Crippen LogP contribution in [0.1, 0.15) is 30.9 Å². The molecule has 1 N–H and O–H groups in total. The first kappa shape index (κ1) is 12.4. The lowest BCUT2D eigenvalue weighted by Crippen LogP contribution is -2.37. The van der Waals surface area contributed by atoms with Crippen molar-refractivity contribution in [2.75, 3.05) is 25.5 Å². The molecule has 0 radical (unpaired) electrons. The maximum absolute atomic E-state index is 3.76. The van der Waals surface area contributed by atoms with E-state index in [0.717, 1.165) is 6.42 Å². The fourth-order valence-corrected chi connectivity index (χ4v) is 2.59. The van der Waals surface area contributed by atoms with Gasteiger partial charge in [-0.15, -0.1) is 0 Å². The Balaban J connectivity index is 2.07. The van der Waals surface area contributed by atoms with Crippen LogP contribution in [0.3, 0.4) is 0 Å². The van der Waals surface area contributed by atoms with E-state index in [1.807, 2.05) is 0 Å². The Kier molecular flexibility index (Phi) is 4.06. The van der Waals surface area contributed by atoms with Gasteiger partial charge in [-0.1, -0.05) is 25.1 Å². The van der Waals surface area contributed by atoms with Gasteiger partial charge in [0.15, 0.2) is 0 Å². The second kappa shape index (κ2) is 5.54. The molecule has 0 atom stereocenters. The Morgan fingerprint density at radius 3 is 2.65 bits per heavy atom. The topological polar surface area (TPSA) is 15.3 Å². The van der Waals surface area contributed by atoms with Gasteiger partial charge in [-0.25, -0.2) is 0 Å². The highest BCUT2D eigenvalue weighted by molar-refractivity contribution is 5.57. The van der Waals surface area contributed by atoms with Crippen molar-refractivity contribution in [2.24, 2.45) is 0 Å². The SMILES string of the molecule is CCc1cccc(C)c1NC1CCN(C)CC1. The van der Waals surface area contributed by atoms with Crippen molar-refractivity contribution in [3.63, 3.8) is 0 Å². The van der Waals surface area contributed by atoms with Gasteiger partial charge in [0.2, 0.25) is 0 Å². The molecular weight excluding hydrogens is 208 g/mol. The lowest BCUT2D eigenvalue weighted by molar-refractivity contribution is 0.264. The second-order valence-electron chi connectivity index (χ2n) is 5.18. The lowest BCUT2D eigenvalue weighted by atomic mass is 10.0. The van der Waals surface area contributed by atoms with Crippen LogP contribution < -0.4 is 5.32 Å². The minimum atomic E-state index is 0.651. The Morgan fingerprint density at radius 2 is 2.00 bits per heavy atom. The van der Waals surface area contributed by atoms with Gasteiger partial charge in [0.1, 0.15) is 0 Å². The summed E-state index contributed by atoms with van der Waals surface area (Å²) >= 11 is 0. The minimum Gasteiger partial charge on any atom is -0.382 e. The van der Waals surface area contributed by atoms with Crippen LogP contribution in [0.4, 0.5) is 5.69 Å². The van der Waals surface area contributed by atoms with Crippen molar-refractivity contribution < 1.29 is 0 Å². The molecule has 0 saturated carbocycles. The predicted octanol–water partition coefficient (Wildman–Crippen LogP) is 3.06. The summed E-state index contributed by atoms with van der Waals surface area (Å²) in [5.74, 6) is 0. The van der Waals surface area contributed by atoms with Gasteiger partial charge in [-0.05, 0) is 57.5 Å². The highest BCUT2D eigenvalue weighted by Crippen LogP contribution is 2.24. The Hall–Kier alpha value is -1.02. The zero-order valence-electron chi connectivity index (χ0n) is 11.3. The van der Waals surface area contributed by atoms with Crippen molar-refractivity contribution in [2.45, 2.75) is 39.2 Å². The summed E-state index contributed by atoms with van der Waals surface area (Å²) in [5, 5.41) is 3.76. The monoisotopic (exact) mass is 232 g/mol. The van der Waals surface area contributed by atoms with Crippen molar-refractivity contribution in [3.8, 4) is 0 Å². The molecule has 94 valence electrons. The highest BCUT2D eigenvalue weighted by Gasteiger charge is 2.17. The number of rotatable bonds is 3. The first-order chi connectivity index (χ1) is 8.20. The molecule has 0 bridgehead atoms. The third-order valence-corrected chi connectivity index (χ3v) is 3.81. The molecule has 0 aliphatic carbocycles. The summed E-state index contributed by atoms with van der Waals surface area (Å²) in [6, 6.07) is 7.26. The molecule has 0 aromatic heterocycles. The van der Waals surface area contributed by atoms with Gasteiger partial charge in [0.05, 0.1) is 0 Å². The number of para-hydroxylation sites is 1. The number of likely N-dealkylation sites (tertiary alicyclic amines) is 1. The standard InChI is InChI=1S/C15H24N2/c1-4-13-7-5-6-12(2)15(13)16-14-8-10-17(3)11-9-14/h5-7,14,16H,4,8-11H2,1-3H3. The van der Waals surface area contributed by atoms with E-state index in [9.17, 15) is 0 Å². The molecule has 2 rings (SSSR count). The number of hydrogen-bond donors (Lipinski definition) is 1. The highest BCUT2D eigenvalue weighted by atomic mass is 15.1. The van der Waals surface area contributed by atoms with Gasteiger partial charge < -0.3 is 10.2 Å². The normalized spacial score (nSPS) is 18.3. The van der Waals surface area contributed by atoms with Gasteiger partial charge in [-0.3, -0.25) is 0 Å². The van der Waals surface area contributed by atoms with E-state index in [1.54, 1.807) is 0 Å². The van der Waals surface area contributed by atoms with E-state index in [4.69, 9.17) is 0 Å². The minimum absolute atomic E-state index is 0.651. The van der Waals surface area contributed by atoms with Crippen LogP contribution in [0.2, 0.25) is 0 Å². The summed E-state index contributed by atoms with van der Waals surface area (Å²) in [4.78, 5) is 2.41. The maximum Gasteiger partial charge on any atom is 0.0404 e. The number of piperidine rings is 1. The van der Waals surface area contributed by atoms with Crippen LogP contribution in [0, 0.1) is 6.92 Å². The van der Waals surface area contributed by atoms with Crippen LogP contribution in [0.15, 0.2) is 18.2 Å². The molecule has 0 amide bonds. The van der Waals surface area contributed by atoms with Crippen molar-refractivity contribution in [1.29, 1.82) is 0 Å². The molecule has 2 nitrogen and oxygen atoms in total. The Bertz CT molecular complexity index is 365. The van der Waals surface area contributed by atoms with Crippen LogP contribution in [-0.2, 0) is 6.42 Å². The lowest BCUT2D eigenvalue weighted by Gasteiger charge is -2.31. The molecule has 1 aliphatic heterocycles. The number of anilines is 1. The third-order valence-electron chi connectivity index (χ3n) is 3.81. The van der Waals surface area contributed by atoms with Crippen LogP contribution in [0.25, 0.3) is 0 Å². The van der Waals surface area contributed by atoms with E-state index in [0.29, 0.717) is 6.04 Å². The van der Waals surface area contributed by atoms with E-state index < -0.39 is 0 Å². The first-order valence-corrected chi connectivity index (χ1v) is 6.74. The third kappa shape index (κ3) is 3.01. The van der Waals surface area contributed by atoms with Crippen molar-refractivity contribution in [3.05, 3.63) is 29.3 Å². The fraction of sp³-hybridized carbons (Fsp3) is 0.600. The predicted molar refractivity (Wildman–Crippen MR) is 74.7 cm³/mol. The van der Waals surface area contributed by atoms with Crippen LogP contribution in [0.5, 0.6) is 0 Å². The molecule has 1 aliphatic rings. The van der Waals surface area contributed by atoms with E-state index in [2.05, 4.69) is 49.3 Å². The van der Waals surface area contributed by atoms with E-state index in [1.165, 1.54) is 42.7 Å². The Morgan fingerprint density at radius 1 is 1.29 bits per heavy atom. The zero-order chi connectivity index (χ0) is 12.3. The van der Waals surface area contributed by atoms with Crippen LogP contribution in [-0.4, -0.2) is 31.1 Å². The molecule has 1 saturated heterocycles. The smallest absolute Gasteiger partial charge is 0.0404 e. The maximum atomic E-state index is 3.76. The van der Waals surface area contributed by atoms with Crippen molar-refractivity contribution in [1.82, 2.24) is 4.90 Å². The van der Waals surface area contributed by atoms with Gasteiger partial charge in [0.25, 0.3) is 0 Å². The quantitative estimate of drug-likeness (QED) is 0.861. The molecule has 1 fully saturated rings. The van der Waals surface area contributed by atoms with Gasteiger partial charge in [0, 0.05) is 11.7 Å². The Labute approximate surface area is 105 Å². The molecule has 1 heterocycles. The van der Waals surface area contributed by atoms with Crippen molar-refractivity contribution >= 4 is 5.69 Å². The van der Waals surface area contributed by atoms with Gasteiger partial charge >= 0.3 is 0 Å². The number of nitrogens with zero attached hydrogens (tertiary/aromatic N) is 1.